The first-order chi connectivity index (χ1) is 8.56. The smallest absolute Gasteiger partial charge is 0.337 e. The Labute approximate surface area is 110 Å². The van der Waals surface area contributed by atoms with Gasteiger partial charge in [-0.2, -0.15) is 0 Å². The van der Waals surface area contributed by atoms with Gasteiger partial charge in [0.25, 0.3) is 0 Å². The summed E-state index contributed by atoms with van der Waals surface area (Å²) in [5.74, 6) is 0.238. The second-order valence-electron chi connectivity index (χ2n) is 3.83. The van der Waals surface area contributed by atoms with E-state index in [-0.39, 0.29) is 5.97 Å². The highest BCUT2D eigenvalue weighted by molar-refractivity contribution is 5.88. The number of carbonyl (C=O) groups is 1. The van der Waals surface area contributed by atoms with Crippen molar-refractivity contribution in [3.8, 4) is 0 Å². The summed E-state index contributed by atoms with van der Waals surface area (Å²) >= 11 is 0. The van der Waals surface area contributed by atoms with Crippen LogP contribution in [0.5, 0.6) is 0 Å². The van der Waals surface area contributed by atoms with Crippen LogP contribution < -0.4 is 0 Å². The molecule has 0 aliphatic rings. The lowest BCUT2D eigenvalue weighted by molar-refractivity contribution is -0.138. The molecule has 0 fully saturated rings. The van der Waals surface area contributed by atoms with Gasteiger partial charge >= 0.3 is 5.97 Å². The highest BCUT2D eigenvalue weighted by Crippen LogP contribution is 2.11. The van der Waals surface area contributed by atoms with Crippen LogP contribution in [0.15, 0.2) is 35.1 Å². The zero-order valence-corrected chi connectivity index (χ0v) is 12.1. The van der Waals surface area contributed by atoms with Crippen molar-refractivity contribution in [3.63, 3.8) is 0 Å². The van der Waals surface area contributed by atoms with E-state index in [1.165, 1.54) is 0 Å². The van der Waals surface area contributed by atoms with Crippen molar-refractivity contribution in [3.05, 3.63) is 35.1 Å². The van der Waals surface area contributed by atoms with Crippen LogP contribution in [-0.4, -0.2) is 19.2 Å². The van der Waals surface area contributed by atoms with E-state index in [1.807, 2.05) is 26.0 Å². The Morgan fingerprint density at radius 2 is 1.61 bits per heavy atom. The fraction of sp³-hybridized carbons (Fsp3) is 0.533. The number of esters is 1. The molecule has 0 aromatic heterocycles. The minimum atomic E-state index is -0.331. The Hall–Kier alpha value is -1.51. The molecule has 0 radical (unpaired) electrons. The predicted octanol–water partition coefficient (Wildman–Crippen LogP) is 3.77. The molecule has 18 heavy (non-hydrogen) atoms. The van der Waals surface area contributed by atoms with Crippen LogP contribution in [0.25, 0.3) is 0 Å². The Balaban J connectivity index is 5.00. The third-order valence-corrected chi connectivity index (χ3v) is 2.27. The summed E-state index contributed by atoms with van der Waals surface area (Å²) in [4.78, 5) is 11.6. The van der Waals surface area contributed by atoms with Crippen LogP contribution in [0.3, 0.4) is 0 Å². The standard InChI is InChI=1S/C15H24O3/c1-6-9-12(4)10-11-14(17-7-2)13(5)15(16)18-8-3/h9-11H,6-8H2,1-5H3. The van der Waals surface area contributed by atoms with Crippen LogP contribution in [0.1, 0.15) is 41.0 Å². The number of hydrogen-bond acceptors (Lipinski definition) is 3. The minimum absolute atomic E-state index is 0.331. The van der Waals surface area contributed by atoms with Crippen LogP contribution in [-0.2, 0) is 14.3 Å². The highest BCUT2D eigenvalue weighted by Gasteiger charge is 2.10. The molecule has 0 spiro atoms. The maximum atomic E-state index is 11.6. The molecule has 3 heteroatoms. The van der Waals surface area contributed by atoms with Crippen molar-refractivity contribution in [1.29, 1.82) is 0 Å². The van der Waals surface area contributed by atoms with Gasteiger partial charge in [0.2, 0.25) is 0 Å². The molecule has 0 saturated carbocycles. The van der Waals surface area contributed by atoms with Crippen molar-refractivity contribution in [2.75, 3.05) is 13.2 Å². The molecule has 0 rings (SSSR count). The van der Waals surface area contributed by atoms with Gasteiger partial charge in [-0.3, -0.25) is 0 Å². The van der Waals surface area contributed by atoms with Gasteiger partial charge in [0.15, 0.2) is 0 Å². The number of ether oxygens (including phenoxy) is 2. The highest BCUT2D eigenvalue weighted by atomic mass is 16.5. The maximum Gasteiger partial charge on any atom is 0.337 e. The zero-order chi connectivity index (χ0) is 14.0. The first kappa shape index (κ1) is 16.5. The van der Waals surface area contributed by atoms with Gasteiger partial charge in [0.05, 0.1) is 18.8 Å². The molecule has 0 bridgehead atoms. The molecular formula is C15H24O3. The van der Waals surface area contributed by atoms with Crippen LogP contribution in [0.4, 0.5) is 0 Å². The van der Waals surface area contributed by atoms with Crippen molar-refractivity contribution < 1.29 is 14.3 Å². The van der Waals surface area contributed by atoms with Gasteiger partial charge in [0, 0.05) is 0 Å². The number of hydrogen-bond donors (Lipinski definition) is 0. The van der Waals surface area contributed by atoms with Crippen molar-refractivity contribution in [1.82, 2.24) is 0 Å². The van der Waals surface area contributed by atoms with E-state index in [1.54, 1.807) is 13.8 Å². The SMILES string of the molecule is CCC=C(C)C=CC(OCC)=C(C)C(=O)OCC. The molecule has 0 aliphatic carbocycles. The Bertz CT molecular complexity index is 349. The normalized spacial score (nSPS) is 13.5. The second-order valence-corrected chi connectivity index (χ2v) is 3.83. The molecule has 0 aromatic rings. The van der Waals surface area contributed by atoms with Gasteiger partial charge in [0.1, 0.15) is 5.76 Å². The molecule has 0 unspecified atom stereocenters. The topological polar surface area (TPSA) is 35.5 Å². The first-order valence-corrected chi connectivity index (χ1v) is 6.42. The van der Waals surface area contributed by atoms with Gasteiger partial charge in [-0.15, -0.1) is 0 Å². The predicted molar refractivity (Wildman–Crippen MR) is 74.1 cm³/mol. The van der Waals surface area contributed by atoms with Crippen LogP contribution >= 0.6 is 0 Å². The maximum absolute atomic E-state index is 11.6. The van der Waals surface area contributed by atoms with Gasteiger partial charge < -0.3 is 9.47 Å². The third kappa shape index (κ3) is 6.28. The Kier molecular flexibility index (Phi) is 8.71. The van der Waals surface area contributed by atoms with Crippen molar-refractivity contribution in [2.24, 2.45) is 0 Å². The van der Waals surface area contributed by atoms with E-state index in [0.29, 0.717) is 24.5 Å². The lowest BCUT2D eigenvalue weighted by atomic mass is 10.2. The number of allylic oxidation sites excluding steroid dienone is 4. The van der Waals surface area contributed by atoms with Crippen LogP contribution in [0, 0.1) is 0 Å². The summed E-state index contributed by atoms with van der Waals surface area (Å²) in [5, 5.41) is 0. The van der Waals surface area contributed by atoms with E-state index in [4.69, 9.17) is 9.47 Å². The average molecular weight is 252 g/mol. The van der Waals surface area contributed by atoms with Gasteiger partial charge in [-0.05, 0) is 40.2 Å². The molecule has 0 N–H and O–H groups in total. The Morgan fingerprint density at radius 3 is 2.11 bits per heavy atom. The lowest BCUT2D eigenvalue weighted by Gasteiger charge is -2.08. The summed E-state index contributed by atoms with van der Waals surface area (Å²) in [7, 11) is 0. The summed E-state index contributed by atoms with van der Waals surface area (Å²) in [6.45, 7) is 10.4. The summed E-state index contributed by atoms with van der Waals surface area (Å²) in [5.41, 5.74) is 1.64. The van der Waals surface area contributed by atoms with Gasteiger partial charge in [-0.1, -0.05) is 24.6 Å². The van der Waals surface area contributed by atoms with E-state index in [0.717, 1.165) is 12.0 Å². The van der Waals surface area contributed by atoms with E-state index in [2.05, 4.69) is 13.0 Å². The molecule has 0 atom stereocenters. The third-order valence-electron chi connectivity index (χ3n) is 2.27. The van der Waals surface area contributed by atoms with Crippen molar-refractivity contribution >= 4 is 5.97 Å². The molecular weight excluding hydrogens is 228 g/mol. The summed E-state index contributed by atoms with van der Waals surface area (Å²) in [6, 6.07) is 0. The number of carbonyl (C=O) groups excluding carboxylic acids is 1. The zero-order valence-electron chi connectivity index (χ0n) is 12.1. The fourth-order valence-corrected chi connectivity index (χ4v) is 1.37. The average Bonchev–Trinajstić information content (AvgIpc) is 2.34. The molecule has 102 valence electrons. The quantitative estimate of drug-likeness (QED) is 0.299. The Morgan fingerprint density at radius 1 is 1.00 bits per heavy atom. The molecule has 0 aliphatic heterocycles. The van der Waals surface area contributed by atoms with E-state index < -0.39 is 0 Å². The molecule has 3 nitrogen and oxygen atoms in total. The van der Waals surface area contributed by atoms with E-state index >= 15 is 0 Å². The fourth-order valence-electron chi connectivity index (χ4n) is 1.37. The molecule has 0 aromatic carbocycles. The van der Waals surface area contributed by atoms with E-state index in [9.17, 15) is 4.79 Å². The largest absolute Gasteiger partial charge is 0.493 e. The summed E-state index contributed by atoms with van der Waals surface area (Å²) < 4.78 is 10.4. The monoisotopic (exact) mass is 252 g/mol. The molecule has 0 amide bonds. The molecule has 0 saturated heterocycles. The lowest BCUT2D eigenvalue weighted by Crippen LogP contribution is -2.08. The van der Waals surface area contributed by atoms with Gasteiger partial charge in [-0.25, -0.2) is 4.79 Å². The second kappa shape index (κ2) is 9.51. The van der Waals surface area contributed by atoms with Crippen LogP contribution in [0.2, 0.25) is 0 Å². The molecule has 0 heterocycles. The number of rotatable bonds is 7. The summed E-state index contributed by atoms with van der Waals surface area (Å²) in [6.07, 6.45) is 6.86. The van der Waals surface area contributed by atoms with Crippen molar-refractivity contribution in [2.45, 2.75) is 41.0 Å². The minimum Gasteiger partial charge on any atom is -0.493 e. The first-order valence-electron chi connectivity index (χ1n) is 6.42.